The van der Waals surface area contributed by atoms with Gasteiger partial charge >= 0.3 is 0 Å². The van der Waals surface area contributed by atoms with Crippen molar-refractivity contribution in [1.29, 1.82) is 0 Å². The van der Waals surface area contributed by atoms with E-state index < -0.39 is 15.8 Å². The number of nitrogens with one attached hydrogen (secondary N) is 1. The molecule has 0 heterocycles. The standard InChI is InChI=1S/C12H8Cl3FN2O2S/c13-6-3-9(15)12(10(17)4-6)21(19,20)18-11-2-1-7(16)5-8(11)14/h1-5,18H,17H2. The zero-order valence-electron chi connectivity index (χ0n) is 10.2. The molecule has 9 heteroatoms. The number of benzene rings is 2. The second kappa shape index (κ2) is 5.88. The number of nitrogen functional groups attached to an aromatic ring is 1. The van der Waals surface area contributed by atoms with Gasteiger partial charge in [-0.25, -0.2) is 12.8 Å². The minimum Gasteiger partial charge on any atom is -0.398 e. The smallest absolute Gasteiger partial charge is 0.265 e. The summed E-state index contributed by atoms with van der Waals surface area (Å²) in [6, 6.07) is 5.74. The third-order valence-corrected chi connectivity index (χ3v) is 4.90. The Morgan fingerprint density at radius 2 is 1.71 bits per heavy atom. The van der Waals surface area contributed by atoms with Gasteiger partial charge in [0, 0.05) is 5.02 Å². The maximum atomic E-state index is 13.0. The lowest BCUT2D eigenvalue weighted by molar-refractivity contribution is 0.601. The van der Waals surface area contributed by atoms with Crippen LogP contribution >= 0.6 is 34.8 Å². The van der Waals surface area contributed by atoms with E-state index in [0.717, 1.165) is 12.1 Å². The van der Waals surface area contributed by atoms with E-state index in [1.54, 1.807) is 0 Å². The molecule has 0 atom stereocenters. The van der Waals surface area contributed by atoms with Crippen molar-refractivity contribution in [3.8, 4) is 0 Å². The summed E-state index contributed by atoms with van der Waals surface area (Å²) in [7, 11) is -4.10. The molecule has 3 N–H and O–H groups in total. The van der Waals surface area contributed by atoms with Crippen LogP contribution in [0.3, 0.4) is 0 Å². The molecule has 0 fully saturated rings. The molecule has 0 spiro atoms. The van der Waals surface area contributed by atoms with E-state index >= 15 is 0 Å². The van der Waals surface area contributed by atoms with Crippen LogP contribution in [0.2, 0.25) is 15.1 Å². The second-order valence-electron chi connectivity index (χ2n) is 4.04. The van der Waals surface area contributed by atoms with Crippen molar-refractivity contribution in [2.45, 2.75) is 4.90 Å². The van der Waals surface area contributed by atoms with E-state index in [9.17, 15) is 12.8 Å². The van der Waals surface area contributed by atoms with Gasteiger partial charge in [0.2, 0.25) is 0 Å². The third-order valence-electron chi connectivity index (χ3n) is 2.48. The lowest BCUT2D eigenvalue weighted by atomic mass is 10.3. The van der Waals surface area contributed by atoms with Gasteiger partial charge in [-0.15, -0.1) is 0 Å². The van der Waals surface area contributed by atoms with E-state index in [1.165, 1.54) is 18.2 Å². The first kappa shape index (κ1) is 16.2. The van der Waals surface area contributed by atoms with Gasteiger partial charge in [-0.3, -0.25) is 4.72 Å². The van der Waals surface area contributed by atoms with Crippen molar-refractivity contribution in [2.75, 3.05) is 10.5 Å². The van der Waals surface area contributed by atoms with E-state index in [4.69, 9.17) is 40.5 Å². The van der Waals surface area contributed by atoms with Crippen molar-refractivity contribution >= 4 is 56.2 Å². The minimum atomic E-state index is -4.10. The Morgan fingerprint density at radius 3 is 2.29 bits per heavy atom. The maximum Gasteiger partial charge on any atom is 0.265 e. The largest absolute Gasteiger partial charge is 0.398 e. The fraction of sp³-hybridized carbons (Fsp3) is 0. The summed E-state index contributed by atoms with van der Waals surface area (Å²) >= 11 is 17.4. The molecule has 2 rings (SSSR count). The summed E-state index contributed by atoms with van der Waals surface area (Å²) < 4.78 is 39.8. The summed E-state index contributed by atoms with van der Waals surface area (Å²) in [5.41, 5.74) is 5.53. The molecule has 0 saturated heterocycles. The number of hydrogen-bond donors (Lipinski definition) is 2. The fourth-order valence-corrected chi connectivity index (χ4v) is 3.97. The van der Waals surface area contributed by atoms with Gasteiger partial charge in [0.1, 0.15) is 10.7 Å². The van der Waals surface area contributed by atoms with Gasteiger partial charge in [0.15, 0.2) is 0 Å². The average molecular weight is 370 g/mol. The Hall–Kier alpha value is -1.21. The maximum absolute atomic E-state index is 13.0. The van der Waals surface area contributed by atoms with Crippen LogP contribution in [-0.2, 0) is 10.0 Å². The Kier molecular flexibility index (Phi) is 4.53. The Labute approximate surface area is 135 Å². The van der Waals surface area contributed by atoms with Crippen LogP contribution in [0.5, 0.6) is 0 Å². The second-order valence-corrected chi connectivity index (χ2v) is 6.91. The molecule has 0 aliphatic carbocycles. The SMILES string of the molecule is Nc1cc(Cl)cc(Cl)c1S(=O)(=O)Nc1ccc(F)cc1Cl. The van der Waals surface area contributed by atoms with E-state index in [2.05, 4.69) is 4.72 Å². The molecule has 0 bridgehead atoms. The van der Waals surface area contributed by atoms with Gasteiger partial charge in [0.05, 0.1) is 21.4 Å². The number of nitrogens with two attached hydrogens (primary N) is 1. The molecule has 0 aliphatic heterocycles. The Balaban J connectivity index is 2.48. The molecule has 4 nitrogen and oxygen atoms in total. The van der Waals surface area contributed by atoms with Crippen LogP contribution < -0.4 is 10.5 Å². The molecule has 0 radical (unpaired) electrons. The van der Waals surface area contributed by atoms with Crippen LogP contribution in [0.25, 0.3) is 0 Å². The first-order chi connectivity index (χ1) is 9.70. The fourth-order valence-electron chi connectivity index (χ4n) is 1.63. The molecule has 21 heavy (non-hydrogen) atoms. The molecule has 112 valence electrons. The Bertz CT molecular complexity index is 789. The number of sulfonamides is 1. The third kappa shape index (κ3) is 3.52. The predicted molar refractivity (Wildman–Crippen MR) is 83.1 cm³/mol. The lowest BCUT2D eigenvalue weighted by Crippen LogP contribution is -2.15. The highest BCUT2D eigenvalue weighted by atomic mass is 35.5. The van der Waals surface area contributed by atoms with Crippen molar-refractivity contribution in [2.24, 2.45) is 0 Å². The first-order valence-corrected chi connectivity index (χ1v) is 8.05. The van der Waals surface area contributed by atoms with Crippen molar-refractivity contribution < 1.29 is 12.8 Å². The van der Waals surface area contributed by atoms with Gasteiger partial charge in [0.25, 0.3) is 10.0 Å². The van der Waals surface area contributed by atoms with Crippen LogP contribution in [0.15, 0.2) is 35.2 Å². The highest BCUT2D eigenvalue weighted by molar-refractivity contribution is 7.93. The van der Waals surface area contributed by atoms with E-state index in [0.29, 0.717) is 0 Å². The van der Waals surface area contributed by atoms with E-state index in [-0.39, 0.29) is 31.3 Å². The van der Waals surface area contributed by atoms with E-state index in [1.807, 2.05) is 0 Å². The monoisotopic (exact) mass is 368 g/mol. The van der Waals surface area contributed by atoms with Crippen LogP contribution in [-0.4, -0.2) is 8.42 Å². The molecule has 0 aromatic heterocycles. The predicted octanol–water partition coefficient (Wildman–Crippen LogP) is 4.17. The van der Waals surface area contributed by atoms with Crippen molar-refractivity contribution in [3.63, 3.8) is 0 Å². The molecular formula is C12H8Cl3FN2O2S. The van der Waals surface area contributed by atoms with Gasteiger partial charge in [-0.05, 0) is 30.3 Å². The normalized spacial score (nSPS) is 11.4. The van der Waals surface area contributed by atoms with Gasteiger partial charge in [-0.2, -0.15) is 0 Å². The van der Waals surface area contributed by atoms with Crippen LogP contribution in [0, 0.1) is 5.82 Å². The molecule has 2 aromatic rings. The minimum absolute atomic E-state index is 0.00323. The topological polar surface area (TPSA) is 72.2 Å². The van der Waals surface area contributed by atoms with Crippen LogP contribution in [0.1, 0.15) is 0 Å². The number of hydrogen-bond acceptors (Lipinski definition) is 3. The highest BCUT2D eigenvalue weighted by Gasteiger charge is 2.23. The molecular weight excluding hydrogens is 362 g/mol. The molecule has 0 saturated carbocycles. The molecule has 2 aromatic carbocycles. The summed E-state index contributed by atoms with van der Waals surface area (Å²) in [5, 5.41) is -0.0239. The number of halogens is 4. The zero-order chi connectivity index (χ0) is 15.8. The summed E-state index contributed by atoms with van der Waals surface area (Å²) in [6.07, 6.45) is 0. The number of anilines is 2. The highest BCUT2D eigenvalue weighted by Crippen LogP contribution is 2.33. The first-order valence-electron chi connectivity index (χ1n) is 5.43. The van der Waals surface area contributed by atoms with Gasteiger partial charge in [-0.1, -0.05) is 34.8 Å². The average Bonchev–Trinajstić information content (AvgIpc) is 2.30. The number of rotatable bonds is 3. The Morgan fingerprint density at radius 1 is 1.05 bits per heavy atom. The lowest BCUT2D eigenvalue weighted by Gasteiger charge is -2.13. The molecule has 0 aliphatic rings. The summed E-state index contributed by atoms with van der Waals surface area (Å²) in [5.74, 6) is -0.591. The van der Waals surface area contributed by atoms with Crippen molar-refractivity contribution in [1.82, 2.24) is 0 Å². The van der Waals surface area contributed by atoms with Crippen LogP contribution in [0.4, 0.5) is 15.8 Å². The zero-order valence-corrected chi connectivity index (χ0v) is 13.3. The summed E-state index contributed by atoms with van der Waals surface area (Å²) in [4.78, 5) is -0.325. The summed E-state index contributed by atoms with van der Waals surface area (Å²) in [6.45, 7) is 0. The van der Waals surface area contributed by atoms with Crippen molar-refractivity contribution in [3.05, 3.63) is 51.2 Å². The molecule has 0 unspecified atom stereocenters. The molecule has 0 amide bonds. The quantitative estimate of drug-likeness (QED) is 0.798. The van der Waals surface area contributed by atoms with Gasteiger partial charge < -0.3 is 5.73 Å².